The molecule has 0 aliphatic rings. The highest BCUT2D eigenvalue weighted by Crippen LogP contribution is 2.35. The van der Waals surface area contributed by atoms with E-state index in [9.17, 15) is 14.8 Å². The molecule has 0 atom stereocenters. The van der Waals surface area contributed by atoms with Crippen molar-refractivity contribution in [1.29, 1.82) is 5.26 Å². The third-order valence-corrected chi connectivity index (χ3v) is 5.06. The number of phenols is 1. The van der Waals surface area contributed by atoms with E-state index in [-0.39, 0.29) is 28.2 Å². The number of halogens is 1. The van der Waals surface area contributed by atoms with Gasteiger partial charge in [0.05, 0.1) is 28.0 Å². The average Bonchev–Trinajstić information content (AvgIpc) is 2.88. The molecule has 0 fully saturated rings. The van der Waals surface area contributed by atoms with Crippen LogP contribution in [0, 0.1) is 16.2 Å². The van der Waals surface area contributed by atoms with Crippen LogP contribution in [-0.4, -0.2) is 21.1 Å². The maximum Gasteiger partial charge on any atom is 0.404 e. The number of hydrogen-bond donors (Lipinski definition) is 2. The summed E-state index contributed by atoms with van der Waals surface area (Å²) >= 11 is 6.35. The number of anilines is 5. The molecule has 0 spiro atoms. The molecule has 0 unspecified atom stereocenters. The fourth-order valence-corrected chi connectivity index (χ4v) is 3.43. The second-order valence-electron chi connectivity index (χ2n) is 7.02. The number of hydrazine groups is 1. The molecule has 4 aromatic rings. The van der Waals surface area contributed by atoms with E-state index in [4.69, 9.17) is 16.9 Å². The molecule has 11 heteroatoms. The quantitative estimate of drug-likeness (QED) is 0.254. The zero-order valence-electron chi connectivity index (χ0n) is 17.9. The van der Waals surface area contributed by atoms with Gasteiger partial charge in [0.1, 0.15) is 5.75 Å². The van der Waals surface area contributed by atoms with Crippen LogP contribution >= 0.6 is 11.6 Å². The van der Waals surface area contributed by atoms with Crippen molar-refractivity contribution in [2.24, 2.45) is 5.18 Å². The van der Waals surface area contributed by atoms with Crippen LogP contribution in [0.5, 0.6) is 5.75 Å². The highest BCUT2D eigenvalue weighted by atomic mass is 35.5. The van der Waals surface area contributed by atoms with Crippen molar-refractivity contribution in [3.63, 3.8) is 0 Å². The second-order valence-corrected chi connectivity index (χ2v) is 7.43. The summed E-state index contributed by atoms with van der Waals surface area (Å²) in [5.41, 5.74) is 1.58. The monoisotopic (exact) mass is 485 g/mol. The van der Waals surface area contributed by atoms with Gasteiger partial charge in [-0.1, -0.05) is 29.8 Å². The van der Waals surface area contributed by atoms with E-state index in [1.165, 1.54) is 35.5 Å². The number of urea groups is 1. The molecule has 3 aromatic carbocycles. The summed E-state index contributed by atoms with van der Waals surface area (Å²) in [6.07, 6.45) is 1.45. The fourth-order valence-electron chi connectivity index (χ4n) is 3.22. The number of nitrogens with one attached hydrogen (secondary N) is 1. The Kier molecular flexibility index (Phi) is 6.81. The van der Waals surface area contributed by atoms with Gasteiger partial charge in [-0.3, -0.25) is 0 Å². The number of amides is 2. The Morgan fingerprint density at radius 1 is 1.06 bits per heavy atom. The number of phenolic OH excluding ortho intramolecular Hbond substituents is 1. The van der Waals surface area contributed by atoms with E-state index in [1.807, 2.05) is 6.07 Å². The Hall–Kier alpha value is -5.01. The van der Waals surface area contributed by atoms with Gasteiger partial charge in [0.2, 0.25) is 5.95 Å². The van der Waals surface area contributed by atoms with Crippen LogP contribution in [0.1, 0.15) is 5.56 Å². The minimum atomic E-state index is -1.17. The second kappa shape index (κ2) is 10.3. The van der Waals surface area contributed by atoms with E-state index in [2.05, 4.69) is 20.5 Å². The predicted octanol–water partition coefficient (Wildman–Crippen LogP) is 5.90. The van der Waals surface area contributed by atoms with Crippen molar-refractivity contribution in [2.75, 3.05) is 15.3 Å². The molecule has 2 amide bonds. The lowest BCUT2D eigenvalue weighted by atomic mass is 10.2. The number of para-hydroxylation sites is 1. The maximum absolute atomic E-state index is 12.8. The molecule has 0 saturated carbocycles. The van der Waals surface area contributed by atoms with Crippen LogP contribution in [0.25, 0.3) is 0 Å². The molecule has 172 valence electrons. The summed E-state index contributed by atoms with van der Waals surface area (Å²) in [4.78, 5) is 32.9. The molecule has 1 heterocycles. The van der Waals surface area contributed by atoms with E-state index in [0.717, 1.165) is 5.01 Å². The molecule has 0 saturated heterocycles. The number of rotatable bonds is 6. The van der Waals surface area contributed by atoms with Gasteiger partial charge in [-0.15, -0.1) is 4.91 Å². The highest BCUT2D eigenvalue weighted by Gasteiger charge is 2.29. The molecule has 2 N–H and O–H groups in total. The molecule has 0 bridgehead atoms. The first-order chi connectivity index (χ1) is 17.0. The third kappa shape index (κ3) is 5.16. The average molecular weight is 486 g/mol. The van der Waals surface area contributed by atoms with Gasteiger partial charge in [-0.2, -0.15) is 15.3 Å². The van der Waals surface area contributed by atoms with Crippen LogP contribution in [-0.2, 0) is 0 Å². The van der Waals surface area contributed by atoms with E-state index in [1.54, 1.807) is 54.6 Å². The zero-order valence-corrected chi connectivity index (χ0v) is 18.7. The number of hydrogen-bond acceptors (Lipinski definition) is 8. The maximum atomic E-state index is 12.8. The lowest BCUT2D eigenvalue weighted by Crippen LogP contribution is -2.43. The Bertz CT molecular complexity index is 1420. The normalized spacial score (nSPS) is 10.2. The fraction of sp³-hybridized carbons (Fsp3) is 0. The van der Waals surface area contributed by atoms with Crippen molar-refractivity contribution in [1.82, 2.24) is 9.97 Å². The molecular formula is C24H16ClN7O3. The van der Waals surface area contributed by atoms with Crippen LogP contribution in [0.3, 0.4) is 0 Å². The predicted molar refractivity (Wildman–Crippen MR) is 132 cm³/mol. The standard InChI is InChI=1S/C24H16ClN7O3/c25-20-6-1-2-7-21(20)32(24(34)30-35)31(18-4-3-5-19(33)14-18)22-12-13-27-23(29-22)28-17-10-8-16(15-26)9-11-17/h1-14,33H,(H,27,28,29). The van der Waals surface area contributed by atoms with Gasteiger partial charge in [0.15, 0.2) is 5.82 Å². The zero-order chi connectivity index (χ0) is 24.8. The molecule has 0 aliphatic heterocycles. The van der Waals surface area contributed by atoms with Crippen LogP contribution in [0.15, 0.2) is 90.2 Å². The number of carbonyl (C=O) groups is 1. The van der Waals surface area contributed by atoms with E-state index in [0.29, 0.717) is 16.9 Å². The molecular weight excluding hydrogens is 470 g/mol. The number of carbonyl (C=O) groups excluding carboxylic acids is 1. The molecule has 0 aliphatic carbocycles. The number of nitriles is 1. The summed E-state index contributed by atoms with van der Waals surface area (Å²) < 4.78 is 0. The van der Waals surface area contributed by atoms with Crippen LogP contribution < -0.4 is 15.3 Å². The molecule has 0 radical (unpaired) electrons. The number of benzene rings is 3. The number of nitroso groups, excluding NO2 is 1. The van der Waals surface area contributed by atoms with Crippen molar-refractivity contribution < 1.29 is 9.90 Å². The van der Waals surface area contributed by atoms with Crippen molar-refractivity contribution in [3.8, 4) is 11.8 Å². The van der Waals surface area contributed by atoms with Crippen LogP contribution in [0.2, 0.25) is 5.02 Å². The summed E-state index contributed by atoms with van der Waals surface area (Å²) in [5, 5.41) is 27.1. The number of aromatic hydroxyl groups is 1. The van der Waals surface area contributed by atoms with E-state index < -0.39 is 6.03 Å². The van der Waals surface area contributed by atoms with Gasteiger partial charge >= 0.3 is 6.03 Å². The Morgan fingerprint density at radius 3 is 2.51 bits per heavy atom. The first kappa shape index (κ1) is 23.2. The summed E-state index contributed by atoms with van der Waals surface area (Å²) in [5.74, 6) is 0.254. The summed E-state index contributed by atoms with van der Waals surface area (Å²) in [7, 11) is 0. The summed E-state index contributed by atoms with van der Waals surface area (Å²) in [6, 6.07) is 21.5. The molecule has 1 aromatic heterocycles. The minimum Gasteiger partial charge on any atom is -0.508 e. The smallest absolute Gasteiger partial charge is 0.404 e. The Morgan fingerprint density at radius 2 is 1.83 bits per heavy atom. The topological polar surface area (TPSA) is 135 Å². The lowest BCUT2D eigenvalue weighted by molar-refractivity contribution is 0.254. The number of nitrogens with zero attached hydrogens (tertiary/aromatic N) is 6. The van der Waals surface area contributed by atoms with Crippen molar-refractivity contribution in [3.05, 3.63) is 101 Å². The van der Waals surface area contributed by atoms with Crippen molar-refractivity contribution in [2.45, 2.75) is 0 Å². The van der Waals surface area contributed by atoms with Gasteiger partial charge < -0.3 is 10.4 Å². The Labute approximate surface area is 204 Å². The minimum absolute atomic E-state index is 0.0805. The molecule has 35 heavy (non-hydrogen) atoms. The highest BCUT2D eigenvalue weighted by molar-refractivity contribution is 6.34. The van der Waals surface area contributed by atoms with Gasteiger partial charge in [0, 0.05) is 29.2 Å². The largest absolute Gasteiger partial charge is 0.508 e. The molecule has 4 rings (SSSR count). The van der Waals surface area contributed by atoms with Crippen LogP contribution in [0.4, 0.5) is 33.6 Å². The number of aromatic nitrogens is 2. The first-order valence-electron chi connectivity index (χ1n) is 10.1. The van der Waals surface area contributed by atoms with Gasteiger partial charge in [0.25, 0.3) is 0 Å². The Balaban J connectivity index is 1.83. The SMILES string of the molecule is N#Cc1ccc(Nc2nccc(N(c3cccc(O)c3)N(C(=O)N=O)c3ccccc3Cl)n2)cc1. The van der Waals surface area contributed by atoms with Gasteiger partial charge in [-0.25, -0.2) is 14.8 Å². The summed E-state index contributed by atoms with van der Waals surface area (Å²) in [6.45, 7) is 0. The van der Waals surface area contributed by atoms with Crippen molar-refractivity contribution >= 4 is 46.5 Å². The first-order valence-corrected chi connectivity index (χ1v) is 10.5. The third-order valence-electron chi connectivity index (χ3n) is 4.74. The van der Waals surface area contributed by atoms with Gasteiger partial charge in [-0.05, 0) is 48.5 Å². The van der Waals surface area contributed by atoms with E-state index >= 15 is 0 Å². The molecule has 10 nitrogen and oxygen atoms in total. The lowest BCUT2D eigenvalue weighted by Gasteiger charge is -2.34.